The Kier molecular flexibility index (Phi) is 8.00. The lowest BCUT2D eigenvalue weighted by Gasteiger charge is -2.35. The number of carbonyl (C=O) groups excluding carboxylic acids is 1. The van der Waals surface area contributed by atoms with Crippen LogP contribution in [0.5, 0.6) is 0 Å². The van der Waals surface area contributed by atoms with Crippen molar-refractivity contribution in [2.24, 2.45) is 16.2 Å². The molecule has 3 N–H and O–H groups in total. The van der Waals surface area contributed by atoms with E-state index in [1.165, 1.54) is 22.4 Å². The van der Waals surface area contributed by atoms with Crippen LogP contribution in [0.25, 0.3) is 0 Å². The molecule has 40 heavy (non-hydrogen) atoms. The average Bonchev–Trinajstić information content (AvgIpc) is 3.28. The van der Waals surface area contributed by atoms with E-state index in [4.69, 9.17) is 11.6 Å². The first-order chi connectivity index (χ1) is 18.8. The summed E-state index contributed by atoms with van der Waals surface area (Å²) >= 11 is 7.30. The van der Waals surface area contributed by atoms with E-state index >= 15 is 0 Å². The predicted octanol–water partition coefficient (Wildman–Crippen LogP) is 4.15. The van der Waals surface area contributed by atoms with Gasteiger partial charge in [-0.3, -0.25) is 4.79 Å². The van der Waals surface area contributed by atoms with Crippen molar-refractivity contribution in [3.05, 3.63) is 56.9 Å². The first-order valence-electron chi connectivity index (χ1n) is 12.6. The summed E-state index contributed by atoms with van der Waals surface area (Å²) in [6.45, 7) is 0.125. The minimum Gasteiger partial charge on any atom is -0.511 e. The van der Waals surface area contributed by atoms with Crippen molar-refractivity contribution < 1.29 is 31.1 Å². The van der Waals surface area contributed by atoms with Gasteiger partial charge in [-0.1, -0.05) is 17.7 Å². The van der Waals surface area contributed by atoms with Crippen LogP contribution in [-0.4, -0.2) is 51.4 Å². The number of carbonyl (C=O) groups is 1. The van der Waals surface area contributed by atoms with E-state index in [-0.39, 0.29) is 69.0 Å². The summed E-state index contributed by atoms with van der Waals surface area (Å²) in [5.41, 5.74) is 0.473. The van der Waals surface area contributed by atoms with Gasteiger partial charge in [0.2, 0.25) is 10.0 Å². The molecule has 1 amide bonds. The van der Waals surface area contributed by atoms with Gasteiger partial charge in [0.25, 0.3) is 15.9 Å². The minimum absolute atomic E-state index is 0.0280. The van der Waals surface area contributed by atoms with Gasteiger partial charge in [0, 0.05) is 36.6 Å². The van der Waals surface area contributed by atoms with E-state index in [9.17, 15) is 31.1 Å². The minimum atomic E-state index is -4.36. The number of hydrogen-bond acceptors (Lipinski definition) is 8. The van der Waals surface area contributed by atoms with Gasteiger partial charge < -0.3 is 15.3 Å². The molecule has 0 atom stereocenters. The Morgan fingerprint density at radius 3 is 2.60 bits per heavy atom. The van der Waals surface area contributed by atoms with Crippen LogP contribution in [0.15, 0.2) is 44.2 Å². The normalized spacial score (nSPS) is 24.8. The summed E-state index contributed by atoms with van der Waals surface area (Å²) in [7, 11) is -7.94. The highest BCUT2D eigenvalue weighted by Gasteiger charge is 2.38. The number of amides is 1. The van der Waals surface area contributed by atoms with Crippen molar-refractivity contribution in [1.82, 2.24) is 9.62 Å². The molecule has 0 spiro atoms. The topological polar surface area (TPSA) is 145 Å². The van der Waals surface area contributed by atoms with Gasteiger partial charge >= 0.3 is 0 Å². The molecular weight excluding hydrogens is 603 g/mol. The number of rotatable bonds is 6. The fourth-order valence-corrected chi connectivity index (χ4v) is 8.64. The maximum absolute atomic E-state index is 14.1. The molecule has 1 aromatic carbocycles. The summed E-state index contributed by atoms with van der Waals surface area (Å²) in [4.78, 5) is 15.4. The lowest BCUT2D eigenvalue weighted by Crippen LogP contribution is -2.42. The van der Waals surface area contributed by atoms with Crippen LogP contribution in [0.2, 0.25) is 5.02 Å². The molecule has 6 rings (SSSR count). The van der Waals surface area contributed by atoms with Crippen LogP contribution in [0, 0.1) is 17.7 Å². The van der Waals surface area contributed by atoms with Crippen molar-refractivity contribution in [1.29, 1.82) is 0 Å². The third-order valence-electron chi connectivity index (χ3n) is 7.37. The summed E-state index contributed by atoms with van der Waals surface area (Å²) in [6, 6.07) is 3.91. The Morgan fingerprint density at radius 2 is 1.93 bits per heavy atom. The molecule has 2 bridgehead atoms. The number of nitrogens with one attached hydrogen (secondary N) is 2. The van der Waals surface area contributed by atoms with Gasteiger partial charge in [0.1, 0.15) is 27.0 Å². The van der Waals surface area contributed by atoms with Crippen molar-refractivity contribution in [3.63, 3.8) is 0 Å². The fourth-order valence-electron chi connectivity index (χ4n) is 5.39. The fraction of sp³-hybridized carbons (Fsp3) is 0.440. The van der Waals surface area contributed by atoms with Gasteiger partial charge in [0.15, 0.2) is 5.84 Å². The van der Waals surface area contributed by atoms with E-state index in [0.717, 1.165) is 49.3 Å². The van der Waals surface area contributed by atoms with Gasteiger partial charge in [0.05, 0.1) is 6.26 Å². The zero-order valence-electron chi connectivity index (χ0n) is 21.5. The molecule has 216 valence electrons. The average molecular weight is 631 g/mol. The lowest BCUT2D eigenvalue weighted by molar-refractivity contribution is -0.128. The number of nitrogens with zero attached hydrogens (tertiary/aromatic N) is 2. The number of halogens is 2. The maximum atomic E-state index is 14.1. The van der Waals surface area contributed by atoms with E-state index in [1.54, 1.807) is 0 Å². The van der Waals surface area contributed by atoms with E-state index in [2.05, 4.69) is 14.4 Å². The second-order valence-electron chi connectivity index (χ2n) is 10.4. The van der Waals surface area contributed by atoms with Crippen LogP contribution in [-0.2, 0) is 37.9 Å². The summed E-state index contributed by atoms with van der Waals surface area (Å²) in [5.74, 6) is -1.34. The number of fused-ring (bicyclic) bond motifs is 7. The Morgan fingerprint density at radius 1 is 1.23 bits per heavy atom. The van der Waals surface area contributed by atoms with Crippen LogP contribution < -0.4 is 10.0 Å². The highest BCUT2D eigenvalue weighted by Crippen LogP contribution is 2.40. The smallest absolute Gasteiger partial charge is 0.287 e. The quantitative estimate of drug-likeness (QED) is 0.435. The molecule has 1 fully saturated rings. The predicted molar refractivity (Wildman–Crippen MR) is 151 cm³/mol. The maximum Gasteiger partial charge on any atom is 0.287 e. The van der Waals surface area contributed by atoms with Crippen molar-refractivity contribution >= 4 is 59.7 Å². The number of allylic oxidation sites excluding steroid dienone is 1. The molecule has 1 saturated carbocycles. The van der Waals surface area contributed by atoms with Crippen LogP contribution in [0.3, 0.4) is 0 Å². The summed E-state index contributed by atoms with van der Waals surface area (Å²) < 4.78 is 69.6. The third kappa shape index (κ3) is 6.20. The molecular formula is C25H28ClFN4O6S3. The Balaban J connectivity index is 1.54. The monoisotopic (exact) mass is 630 g/mol. The number of thiophene rings is 1. The number of amidine groups is 1. The molecule has 2 aromatic rings. The summed E-state index contributed by atoms with van der Waals surface area (Å²) in [6.07, 6.45) is 4.62. The molecule has 0 radical (unpaired) electrons. The van der Waals surface area contributed by atoms with Crippen molar-refractivity contribution in [2.75, 3.05) is 18.1 Å². The zero-order valence-corrected chi connectivity index (χ0v) is 24.7. The molecule has 0 saturated heterocycles. The number of hydrogen-bond donors (Lipinski definition) is 3. The highest BCUT2D eigenvalue weighted by molar-refractivity contribution is 7.91. The first-order valence-corrected chi connectivity index (χ1v) is 17.2. The number of benzene rings is 1. The van der Waals surface area contributed by atoms with Crippen molar-refractivity contribution in [2.45, 2.75) is 50.1 Å². The van der Waals surface area contributed by atoms with Gasteiger partial charge in [-0.15, -0.1) is 15.7 Å². The SMILES string of the molecule is CS(=O)(=O)NCc1csc2c1S(=O)(=O)N=C(/C1=C(\O)CC3CCC(CC3)CN(Cc3ccc(F)cc3Cl)C1=O)N2. The number of aliphatic hydroxyl groups excluding tert-OH is 1. The van der Waals surface area contributed by atoms with Gasteiger partial charge in [-0.25, -0.2) is 17.5 Å². The largest absolute Gasteiger partial charge is 0.511 e. The van der Waals surface area contributed by atoms with Crippen LogP contribution in [0.1, 0.15) is 43.2 Å². The Labute approximate surface area is 241 Å². The lowest BCUT2D eigenvalue weighted by atomic mass is 9.79. The summed E-state index contributed by atoms with van der Waals surface area (Å²) in [5, 5.41) is 16.0. The Hall–Kier alpha value is -2.52. The standard InChI is InChI=1S/C25H28ClFN4O6S3/c1-39(34,35)28-10-17-13-38-24-22(17)40(36,37)30-23(29-24)21-20(32)8-14-2-4-15(5-3-14)11-31(25(21)33)12-16-6-7-18(27)9-19(16)26/h6-7,9,13-15,28,32H,2-5,8,10-12H2,1H3,(H,29,30)/b21-20+. The van der Waals surface area contributed by atoms with E-state index in [1.807, 2.05) is 0 Å². The highest BCUT2D eigenvalue weighted by atomic mass is 35.5. The van der Waals surface area contributed by atoms with Crippen molar-refractivity contribution in [3.8, 4) is 0 Å². The second kappa shape index (κ2) is 11.0. The number of aliphatic hydroxyl groups is 1. The molecule has 15 heteroatoms. The van der Waals surface area contributed by atoms with Gasteiger partial charge in [-0.05, 0) is 60.6 Å². The Bertz CT molecular complexity index is 1630. The molecule has 1 aromatic heterocycles. The number of anilines is 1. The molecule has 4 heterocycles. The molecule has 1 aliphatic carbocycles. The van der Waals surface area contributed by atoms with Gasteiger partial charge in [-0.2, -0.15) is 8.42 Å². The zero-order chi connectivity index (χ0) is 28.8. The molecule has 10 nitrogen and oxygen atoms in total. The van der Waals surface area contributed by atoms with Crippen LogP contribution in [0.4, 0.5) is 9.39 Å². The first kappa shape index (κ1) is 29.0. The van der Waals surface area contributed by atoms with E-state index in [0.29, 0.717) is 12.1 Å². The second-order valence-corrected chi connectivity index (χ2v) is 15.0. The van der Waals surface area contributed by atoms with E-state index < -0.39 is 31.8 Å². The molecule has 0 unspecified atom stereocenters. The number of sulfonamides is 2. The molecule has 4 aliphatic rings. The van der Waals surface area contributed by atoms with Crippen LogP contribution >= 0.6 is 22.9 Å². The molecule has 3 aliphatic heterocycles. The third-order valence-corrected chi connectivity index (χ3v) is 10.9.